The molecule has 26 heteroatoms. The molecule has 816 valence electrons. The number of Topliss-reactive ketones (excluding diaryl/α,β-unsaturated/α-hetero) is 1. The third kappa shape index (κ3) is 44.0. The number of benzene rings is 7. The number of aliphatic hydroxyl groups excluding tert-OH is 1. The van der Waals surface area contributed by atoms with Crippen LogP contribution >= 0.6 is 11.3 Å². The highest BCUT2D eigenvalue weighted by Crippen LogP contribution is 2.37. The Morgan fingerprint density at radius 2 is 1.01 bits per heavy atom. The van der Waals surface area contributed by atoms with Crippen LogP contribution in [0.4, 0.5) is 17.1 Å². The van der Waals surface area contributed by atoms with E-state index in [9.17, 15) is 31.2 Å². The number of nitrogens with two attached hydrogens (primary N) is 2. The van der Waals surface area contributed by atoms with Crippen LogP contribution in [0, 0.1) is 78.4 Å². The molecule has 3 aliphatic rings. The van der Waals surface area contributed by atoms with Gasteiger partial charge in [0.2, 0.25) is 31.9 Å². The van der Waals surface area contributed by atoms with Crippen molar-refractivity contribution in [3.63, 3.8) is 0 Å². The topological polar surface area (TPSA) is 355 Å². The molecule has 150 heavy (non-hydrogen) atoms. The number of nitrogens with one attached hydrogen (secondary N) is 2. The van der Waals surface area contributed by atoms with Crippen LogP contribution in [0.1, 0.15) is 301 Å². The number of primary sulfonamides is 2. The number of hydrogen-bond acceptors (Lipinski definition) is 20. The van der Waals surface area contributed by atoms with Crippen LogP contribution in [0.25, 0.3) is 34.0 Å². The van der Waals surface area contributed by atoms with Crippen molar-refractivity contribution in [3.8, 4) is 28.7 Å². The zero-order chi connectivity index (χ0) is 112. The molecule has 0 saturated heterocycles. The van der Waals surface area contributed by atoms with Crippen LogP contribution in [0.15, 0.2) is 219 Å². The van der Waals surface area contributed by atoms with Crippen molar-refractivity contribution in [2.24, 2.45) is 79.9 Å². The lowest BCUT2D eigenvalue weighted by molar-refractivity contribution is -0.119. The maximum absolute atomic E-state index is 11.4. The summed E-state index contributed by atoms with van der Waals surface area (Å²) in [7, 11) is -5.67. The molecule has 0 spiro atoms. The van der Waals surface area contributed by atoms with Crippen LogP contribution in [0.5, 0.6) is 5.75 Å². The van der Waals surface area contributed by atoms with Crippen LogP contribution in [-0.4, -0.2) is 79.2 Å². The van der Waals surface area contributed by atoms with Crippen molar-refractivity contribution < 1.29 is 63.4 Å². The third-order valence-corrected chi connectivity index (χ3v) is 26.5. The molecule has 0 saturated carbocycles. The van der Waals surface area contributed by atoms with E-state index in [-0.39, 0.29) is 37.9 Å². The molecule has 7 aromatic carbocycles. The Balaban J connectivity index is 0.000000226. The first-order chi connectivity index (χ1) is 70.1. The number of para-hydroxylation sites is 2. The van der Waals surface area contributed by atoms with Crippen molar-refractivity contribution in [3.05, 3.63) is 282 Å². The largest absolute Gasteiger partial charge is 0.496 e. The first-order valence-electron chi connectivity index (χ1n) is 53.0. The average Bonchev–Trinajstić information content (AvgIpc) is 1.67. The van der Waals surface area contributed by atoms with E-state index in [4.69, 9.17) is 47.4 Å². The standard InChI is InChI=1S/C16H25NO2.C16H23N.C13H16O.C12H15NOS.C12H15NO.C11H17NO3S.C11H17NO2S.C11H13NO2.C11H13NO.C11H19NO/c1-11(2)8-12-6-7-13(16(3,4)5)14(9-12)17-15(19)10-18;1-11(2)8-12-6-7-13-10-15(16(3,4)5)17-14(13)9-12;1-9(2)5-10-3-4-11-7-13(14)8-12(11)6-10;1-8(2)6-12-13-10(7-15-12)11-5-4-9(3)14-11;1-8(2)5-9-3-4-10-7-12(14)13-11(10)6-9;1-8(2)6-9-7-10(16(12,13)14)4-5-11(9)15-3;1-8(2)6-10-5-4-9(3)11(7-10)15(12,13)14;1-8(2)6-9-7-10(12-14-9)11-4-3-5-13-11;1-8(2)7-11-12-9-5-3-4-6-10(9)13-11;1-8(2)6-9-7-10(12-13-9)11(3,4)5/h6-7,9,11,18H,8,10H2,1-5H3,(H,17,19);6-7,9,11H,8,10H2,1-5H3;3-4,6,9H,5,7-8H2,1-2H3;4-5,7-8H,6H2,1-3H3;3-4,6,8H,5,7H2,1-2H3,(H,13,14);4-5,7-8H,6H2,1-3H3,(H2,12,13,14);4-5,7-8H,6H2,1-3H3,(H2,12,13,14);3-5,7-8H,6H2,1-2H3;3-6,8H,7H2,1-2H3;7-8H,6H2,1-5H3. The number of oxazole rings is 1. The van der Waals surface area contributed by atoms with Gasteiger partial charge in [-0.05, 0) is 263 Å². The monoisotopic (exact) mass is 2110 g/mol. The zero-order valence-electron chi connectivity index (χ0n) is 95.6. The Hall–Kier alpha value is -11.5. The number of methoxy groups -OCH3 is 1. The number of sulfonamides is 2. The lowest BCUT2D eigenvalue weighted by Gasteiger charge is -2.24. The van der Waals surface area contributed by atoms with Crippen molar-refractivity contribution in [1.29, 1.82) is 0 Å². The van der Waals surface area contributed by atoms with Crippen molar-refractivity contribution >= 4 is 82.9 Å². The number of furan rings is 2. The van der Waals surface area contributed by atoms with E-state index >= 15 is 0 Å². The number of amides is 2. The molecule has 23 nitrogen and oxygen atoms in total. The predicted octanol–water partition coefficient (Wildman–Crippen LogP) is 29.2. The molecule has 0 atom stereocenters. The van der Waals surface area contributed by atoms with E-state index in [0.717, 1.165) is 167 Å². The van der Waals surface area contributed by atoms with E-state index in [1.165, 1.54) is 61.4 Å². The number of hydrogen-bond donors (Lipinski definition) is 5. The minimum Gasteiger partial charge on any atom is -0.496 e. The number of ketones is 1. The predicted molar refractivity (Wildman–Crippen MR) is 615 cm³/mol. The van der Waals surface area contributed by atoms with Gasteiger partial charge in [-0.3, -0.25) is 19.4 Å². The summed E-state index contributed by atoms with van der Waals surface area (Å²) in [5.74, 6) is 12.1. The van der Waals surface area contributed by atoms with E-state index < -0.39 is 26.7 Å². The normalized spacial score (nSPS) is 12.6. The number of fused-ring (bicyclic) bond motifs is 4. The Morgan fingerprint density at radius 3 is 1.53 bits per heavy atom. The van der Waals surface area contributed by atoms with Gasteiger partial charge in [0.15, 0.2) is 23.0 Å². The number of nitrogens with zero attached hydrogens (tertiary/aromatic N) is 5. The number of anilines is 2. The summed E-state index contributed by atoms with van der Waals surface area (Å²) in [6, 6.07) is 55.4. The van der Waals surface area contributed by atoms with E-state index in [2.05, 4.69) is 310 Å². The smallest absolute Gasteiger partial charge is 0.250 e. The Labute approximate surface area is 900 Å². The average molecular weight is 2110 g/mol. The van der Waals surface area contributed by atoms with Crippen LogP contribution in [0.2, 0.25) is 0 Å². The van der Waals surface area contributed by atoms with E-state index in [0.29, 0.717) is 95.5 Å². The number of aromatic nitrogens is 4. The number of rotatable bonds is 27. The Kier molecular flexibility index (Phi) is 48.8. The van der Waals surface area contributed by atoms with Gasteiger partial charge in [0.1, 0.15) is 52.3 Å². The van der Waals surface area contributed by atoms with Gasteiger partial charge in [0.05, 0.1) is 46.0 Å². The fourth-order valence-corrected chi connectivity index (χ4v) is 19.1. The maximum Gasteiger partial charge on any atom is 0.250 e. The van der Waals surface area contributed by atoms with E-state index in [1.807, 2.05) is 73.7 Å². The molecular formula is C124H173N9O14S3. The molecule has 2 amide bonds. The highest BCUT2D eigenvalue weighted by Gasteiger charge is 2.28. The number of aryl methyl sites for hydroxylation is 2. The number of aliphatic imine (C=N–C) groups is 1. The van der Waals surface area contributed by atoms with Gasteiger partial charge in [-0.1, -0.05) is 290 Å². The number of carbonyl (C=O) groups is 3. The summed E-state index contributed by atoms with van der Waals surface area (Å²) < 4.78 is 76.9. The van der Waals surface area contributed by atoms with Gasteiger partial charge < -0.3 is 42.8 Å². The molecule has 13 aromatic rings. The lowest BCUT2D eigenvalue weighted by Crippen LogP contribution is -2.21. The third-order valence-electron chi connectivity index (χ3n) is 23.7. The molecule has 7 N–H and O–H groups in total. The molecule has 16 rings (SSSR count). The number of carbonyl (C=O) groups excluding carboxylic acids is 3. The Morgan fingerprint density at radius 1 is 0.480 bits per heavy atom. The van der Waals surface area contributed by atoms with Gasteiger partial charge in [0, 0.05) is 90.4 Å². The summed E-state index contributed by atoms with van der Waals surface area (Å²) in [6.45, 7) is 66.1. The minimum atomic E-state index is -3.64. The van der Waals surface area contributed by atoms with Crippen molar-refractivity contribution in [1.82, 2.24) is 20.3 Å². The summed E-state index contributed by atoms with van der Waals surface area (Å²) in [4.78, 5) is 47.9. The fourth-order valence-electron chi connectivity index (χ4n) is 16.8. The minimum absolute atomic E-state index is 0.0472. The molecular weight excluding hydrogens is 1940 g/mol. The molecule has 2 aliphatic heterocycles. The Bertz CT molecular complexity index is 6590. The van der Waals surface area contributed by atoms with Gasteiger partial charge in [0.25, 0.3) is 0 Å². The summed E-state index contributed by atoms with van der Waals surface area (Å²) in [5.41, 5.74) is 23.2. The molecule has 1 aliphatic carbocycles. The van der Waals surface area contributed by atoms with Gasteiger partial charge in [-0.2, -0.15) is 0 Å². The first-order valence-corrected chi connectivity index (χ1v) is 57.0. The second-order valence-electron chi connectivity index (χ2n) is 46.8. The summed E-state index contributed by atoms with van der Waals surface area (Å²) in [5, 5.41) is 36.0. The highest BCUT2D eigenvalue weighted by atomic mass is 32.2. The number of thiazole rings is 1. The van der Waals surface area contributed by atoms with Crippen molar-refractivity contribution in [2.45, 2.75) is 325 Å². The molecule has 8 heterocycles. The molecule has 6 aromatic heterocycles. The van der Waals surface area contributed by atoms with Gasteiger partial charge in [-0.25, -0.2) is 37.1 Å². The first kappa shape index (κ1) is 125. The molecule has 0 unspecified atom stereocenters. The molecule has 0 bridgehead atoms. The second kappa shape index (κ2) is 58.4. The summed E-state index contributed by atoms with van der Waals surface area (Å²) >= 11 is 1.71. The zero-order valence-corrected chi connectivity index (χ0v) is 98.0. The van der Waals surface area contributed by atoms with Crippen LogP contribution in [0.3, 0.4) is 0 Å². The number of aliphatic hydroxyl groups is 1. The lowest BCUT2D eigenvalue weighted by atomic mass is 9.84. The fraction of sp³-hybridized carbons (Fsp3) is 0.484. The number of ether oxygens (including phenoxy) is 1. The van der Waals surface area contributed by atoms with Crippen molar-refractivity contribution in [2.75, 3.05) is 24.4 Å². The SMILES string of the molecule is CC(C)Cc1cc(-c2ccco2)no1.CC(C)Cc1cc(C(C)(C)C)no1.CC(C)Cc1ccc(C(C)(C)C)c(NC(=O)CO)c1.CC(C)Cc1ccc2c(c1)CC(=O)C2.CC(C)Cc1ccc2c(c1)N=C(C(C)(C)C)C2.CC(C)Cc1ccc2c(c1)NC(=O)C2.CC(C)Cc1nc2ccccc2o1.COc1ccc(S(N)(=O)=O)cc1CC(C)C.Cc1ccc(-c2csc(CC(C)C)n2)o1.Cc1ccc(CC(C)C)cc1S(N)(=O)=O. The summed E-state index contributed by atoms with van der Waals surface area (Å²) in [6.07, 6.45) is 14.3. The molecule has 0 radical (unpaired) electrons. The van der Waals surface area contributed by atoms with Gasteiger partial charge >= 0.3 is 0 Å². The van der Waals surface area contributed by atoms with Crippen LogP contribution < -0.4 is 25.6 Å². The molecule has 0 fully saturated rings. The van der Waals surface area contributed by atoms with E-state index in [1.54, 1.807) is 55.9 Å². The maximum atomic E-state index is 11.4. The quantitative estimate of drug-likeness (QED) is 0.0319. The van der Waals surface area contributed by atoms with Crippen LogP contribution in [-0.2, 0) is 135 Å². The highest BCUT2D eigenvalue weighted by molar-refractivity contribution is 7.89. The second-order valence-corrected chi connectivity index (χ2v) is 50.9. The van der Waals surface area contributed by atoms with Gasteiger partial charge in [-0.15, -0.1) is 11.3 Å².